The van der Waals surface area contributed by atoms with Gasteiger partial charge in [-0.3, -0.25) is 0 Å². The minimum Gasteiger partial charge on any atom is -0.311 e. The van der Waals surface area contributed by atoms with E-state index >= 15 is 0 Å². The summed E-state index contributed by atoms with van der Waals surface area (Å²) in [7, 11) is 0. The lowest BCUT2D eigenvalue weighted by Gasteiger charge is -2.27. The summed E-state index contributed by atoms with van der Waals surface area (Å²) in [5.74, 6) is -2.76. The predicted molar refractivity (Wildman–Crippen MR) is 30.0 cm³/mol. The van der Waals surface area contributed by atoms with Crippen LogP contribution in [0, 0.1) is 0 Å². The normalized spacial score (nSPS) is 32.6. The van der Waals surface area contributed by atoms with E-state index in [2.05, 4.69) is 15.5 Å². The van der Waals surface area contributed by atoms with Gasteiger partial charge in [0.05, 0.1) is 6.54 Å². The highest BCUT2D eigenvalue weighted by molar-refractivity contribution is 5.08. The van der Waals surface area contributed by atoms with Crippen LogP contribution in [0.1, 0.15) is 6.42 Å². The van der Waals surface area contributed by atoms with Crippen molar-refractivity contribution in [3.63, 3.8) is 0 Å². The molecule has 1 spiro atoms. The molecule has 0 aromatic carbocycles. The monoisotopic (exact) mass is 147 g/mol. The molecule has 0 amide bonds. The lowest BCUT2D eigenvalue weighted by atomic mass is 9.99. The third-order valence-corrected chi connectivity index (χ3v) is 1.92. The molecule has 0 unspecified atom stereocenters. The van der Waals surface area contributed by atoms with Crippen LogP contribution < -0.4 is 5.32 Å². The van der Waals surface area contributed by atoms with Gasteiger partial charge in [0.2, 0.25) is 0 Å². The van der Waals surface area contributed by atoms with E-state index < -0.39 is 11.6 Å². The van der Waals surface area contributed by atoms with Gasteiger partial charge in [0.25, 0.3) is 5.66 Å². The zero-order valence-corrected chi connectivity index (χ0v) is 5.27. The molecule has 2 rings (SSSR count). The molecule has 2 aliphatic rings. The predicted octanol–water partition coefficient (Wildman–Crippen LogP) is 0.777. The lowest BCUT2D eigenvalue weighted by Crippen LogP contribution is -2.51. The number of nitrogens with one attached hydrogen (secondary N) is 1. The molecule has 0 aliphatic carbocycles. The first-order valence-electron chi connectivity index (χ1n) is 3.19. The summed E-state index contributed by atoms with van der Waals surface area (Å²) in [6.45, 7) is 0.294. The lowest BCUT2D eigenvalue weighted by molar-refractivity contribution is -0.0588. The van der Waals surface area contributed by atoms with Crippen LogP contribution in [0.25, 0.3) is 0 Å². The minimum atomic E-state index is -2.76. The Labute approximate surface area is 56.5 Å². The summed E-state index contributed by atoms with van der Waals surface area (Å²) >= 11 is 0. The van der Waals surface area contributed by atoms with Gasteiger partial charge in [-0.1, -0.05) is 0 Å². The second-order valence-electron chi connectivity index (χ2n) is 2.65. The highest BCUT2D eigenvalue weighted by Crippen LogP contribution is 2.46. The number of nitrogens with zero attached hydrogens (tertiary/aromatic N) is 2. The van der Waals surface area contributed by atoms with E-state index in [9.17, 15) is 8.78 Å². The van der Waals surface area contributed by atoms with E-state index in [4.69, 9.17) is 0 Å². The SMILES string of the molecule is FC1(F)CNCCC12N=N2. The summed E-state index contributed by atoms with van der Waals surface area (Å²) in [5, 5.41) is 9.36. The molecule has 1 saturated heterocycles. The van der Waals surface area contributed by atoms with Crippen molar-refractivity contribution in [2.24, 2.45) is 10.2 Å². The van der Waals surface area contributed by atoms with Gasteiger partial charge in [0.15, 0.2) is 0 Å². The smallest absolute Gasteiger partial charge is 0.308 e. The molecule has 2 heterocycles. The summed E-state index contributed by atoms with van der Waals surface area (Å²) in [4.78, 5) is 0. The number of hydrogen-bond acceptors (Lipinski definition) is 3. The number of piperidine rings is 1. The Morgan fingerprint density at radius 1 is 1.30 bits per heavy atom. The van der Waals surface area contributed by atoms with Crippen molar-refractivity contribution < 1.29 is 8.78 Å². The first-order valence-corrected chi connectivity index (χ1v) is 3.19. The van der Waals surface area contributed by atoms with Crippen LogP contribution in [0.5, 0.6) is 0 Å². The number of halogens is 2. The van der Waals surface area contributed by atoms with Crippen LogP contribution in [-0.4, -0.2) is 24.7 Å². The van der Waals surface area contributed by atoms with Gasteiger partial charge in [-0.05, 0) is 6.54 Å². The fourth-order valence-electron chi connectivity index (χ4n) is 1.14. The van der Waals surface area contributed by atoms with Crippen molar-refractivity contribution in [3.05, 3.63) is 0 Å². The van der Waals surface area contributed by atoms with Crippen molar-refractivity contribution in [2.45, 2.75) is 18.0 Å². The van der Waals surface area contributed by atoms with Crippen LogP contribution in [0.15, 0.2) is 10.2 Å². The van der Waals surface area contributed by atoms with E-state index in [0.717, 1.165) is 0 Å². The highest BCUT2D eigenvalue weighted by Gasteiger charge is 2.63. The van der Waals surface area contributed by atoms with Crippen molar-refractivity contribution in [1.29, 1.82) is 0 Å². The highest BCUT2D eigenvalue weighted by atomic mass is 19.3. The Kier molecular flexibility index (Phi) is 0.940. The molecule has 0 atom stereocenters. The van der Waals surface area contributed by atoms with Gasteiger partial charge in [0.1, 0.15) is 0 Å². The van der Waals surface area contributed by atoms with E-state index in [-0.39, 0.29) is 6.54 Å². The summed E-state index contributed by atoms with van der Waals surface area (Å²) < 4.78 is 25.6. The van der Waals surface area contributed by atoms with Gasteiger partial charge in [-0.2, -0.15) is 10.2 Å². The molecule has 0 radical (unpaired) electrons. The second-order valence-corrected chi connectivity index (χ2v) is 2.65. The zero-order chi connectivity index (χ0) is 7.24. The topological polar surface area (TPSA) is 36.8 Å². The maximum atomic E-state index is 12.8. The van der Waals surface area contributed by atoms with Gasteiger partial charge in [-0.25, -0.2) is 8.78 Å². The first-order chi connectivity index (χ1) is 4.66. The number of alkyl halides is 2. The standard InChI is InChI=1S/C5H7F2N3/c6-4(7)3-8-2-1-5(4)9-10-5/h8H,1-3H2. The Morgan fingerprint density at radius 3 is 2.40 bits per heavy atom. The maximum absolute atomic E-state index is 12.8. The van der Waals surface area contributed by atoms with Gasteiger partial charge >= 0.3 is 5.92 Å². The fraction of sp³-hybridized carbons (Fsp3) is 1.00. The third-order valence-electron chi connectivity index (χ3n) is 1.92. The van der Waals surface area contributed by atoms with Crippen LogP contribution in [-0.2, 0) is 0 Å². The maximum Gasteiger partial charge on any atom is 0.308 e. The molecule has 0 aromatic rings. The van der Waals surface area contributed by atoms with Crippen molar-refractivity contribution in [1.82, 2.24) is 5.32 Å². The van der Waals surface area contributed by atoms with E-state index in [0.29, 0.717) is 13.0 Å². The van der Waals surface area contributed by atoms with Crippen LogP contribution in [0.2, 0.25) is 0 Å². The molecule has 0 aromatic heterocycles. The summed E-state index contributed by atoms with van der Waals surface area (Å²) in [5.41, 5.74) is -1.32. The molecule has 56 valence electrons. The van der Waals surface area contributed by atoms with Crippen molar-refractivity contribution in [3.8, 4) is 0 Å². The van der Waals surface area contributed by atoms with Gasteiger partial charge in [0, 0.05) is 6.42 Å². The average molecular weight is 147 g/mol. The van der Waals surface area contributed by atoms with E-state index in [1.807, 2.05) is 0 Å². The summed E-state index contributed by atoms with van der Waals surface area (Å²) in [6, 6.07) is 0. The fourth-order valence-corrected chi connectivity index (χ4v) is 1.14. The quantitative estimate of drug-likeness (QED) is 0.540. The molecule has 1 fully saturated rings. The van der Waals surface area contributed by atoms with E-state index in [1.54, 1.807) is 0 Å². The Bertz CT molecular complexity index is 177. The molecule has 0 saturated carbocycles. The molecular weight excluding hydrogens is 140 g/mol. The molecule has 0 bridgehead atoms. The third kappa shape index (κ3) is 0.608. The molecule has 10 heavy (non-hydrogen) atoms. The summed E-state index contributed by atoms with van der Waals surface area (Å²) in [6.07, 6.45) is 0.333. The number of hydrogen-bond donors (Lipinski definition) is 1. The molecule has 3 nitrogen and oxygen atoms in total. The largest absolute Gasteiger partial charge is 0.311 e. The Morgan fingerprint density at radius 2 is 2.00 bits per heavy atom. The van der Waals surface area contributed by atoms with Crippen LogP contribution in [0.3, 0.4) is 0 Å². The first kappa shape index (κ1) is 6.15. The van der Waals surface area contributed by atoms with Crippen molar-refractivity contribution >= 4 is 0 Å². The minimum absolute atomic E-state index is 0.292. The number of rotatable bonds is 0. The molecule has 1 N–H and O–H groups in total. The van der Waals surface area contributed by atoms with Crippen molar-refractivity contribution in [2.75, 3.05) is 13.1 Å². The second kappa shape index (κ2) is 1.53. The van der Waals surface area contributed by atoms with Crippen LogP contribution in [0.4, 0.5) is 8.78 Å². The van der Waals surface area contributed by atoms with E-state index in [1.165, 1.54) is 0 Å². The van der Waals surface area contributed by atoms with Gasteiger partial charge < -0.3 is 5.32 Å². The average Bonchev–Trinajstić information content (AvgIpc) is 2.59. The van der Waals surface area contributed by atoms with Crippen LogP contribution >= 0.6 is 0 Å². The Balaban J connectivity index is 2.16. The molecule has 5 heteroatoms. The molecule has 2 aliphatic heterocycles. The zero-order valence-electron chi connectivity index (χ0n) is 5.27. The van der Waals surface area contributed by atoms with Gasteiger partial charge in [-0.15, -0.1) is 0 Å². The molecular formula is C5H7F2N3. The Hall–Kier alpha value is -0.580.